The summed E-state index contributed by atoms with van der Waals surface area (Å²) in [4.78, 5) is 25.8. The highest BCUT2D eigenvalue weighted by atomic mass is 16.5. The molecule has 0 aromatic carbocycles. The third-order valence-corrected chi connectivity index (χ3v) is 6.38. The van der Waals surface area contributed by atoms with Crippen LogP contribution in [0.5, 0.6) is 0 Å². The molecule has 0 spiro atoms. The van der Waals surface area contributed by atoms with E-state index in [1.807, 2.05) is 0 Å². The Bertz CT molecular complexity index is 477. The maximum absolute atomic E-state index is 12.4. The van der Waals surface area contributed by atoms with Gasteiger partial charge in [-0.1, -0.05) is 12.8 Å². The summed E-state index contributed by atoms with van der Waals surface area (Å²) in [5.74, 6) is -0.610. The second-order valence-corrected chi connectivity index (χ2v) is 7.70. The molecule has 1 aliphatic heterocycles. The number of nitrogens with one attached hydrogen (secondary N) is 1. The fourth-order valence-electron chi connectivity index (χ4n) is 4.79. The molecule has 2 atom stereocenters. The molecular formula is C17H28N2O4. The maximum atomic E-state index is 12.4. The lowest BCUT2D eigenvalue weighted by Crippen LogP contribution is -2.44. The highest BCUT2D eigenvalue weighted by Crippen LogP contribution is 2.49. The van der Waals surface area contributed by atoms with Crippen molar-refractivity contribution in [2.75, 3.05) is 33.4 Å². The lowest BCUT2D eigenvalue weighted by atomic mass is 9.67. The van der Waals surface area contributed by atoms with Gasteiger partial charge in [0.15, 0.2) is 0 Å². The predicted octanol–water partition coefficient (Wildman–Crippen LogP) is 2.09. The number of carboxylic acids is 1. The van der Waals surface area contributed by atoms with Crippen LogP contribution in [-0.2, 0) is 9.53 Å². The number of carbonyl (C=O) groups is 2. The minimum absolute atomic E-state index is 0.105. The van der Waals surface area contributed by atoms with E-state index < -0.39 is 11.4 Å². The zero-order valence-electron chi connectivity index (χ0n) is 14.0. The smallest absolute Gasteiger partial charge is 0.317 e. The first-order chi connectivity index (χ1) is 11.0. The van der Waals surface area contributed by atoms with Crippen LogP contribution < -0.4 is 5.32 Å². The average molecular weight is 324 g/mol. The summed E-state index contributed by atoms with van der Waals surface area (Å²) in [6, 6.07) is -0.105. The van der Waals surface area contributed by atoms with Crippen LogP contribution in [0.1, 0.15) is 44.9 Å². The Morgan fingerprint density at radius 3 is 2.65 bits per heavy atom. The Kier molecular flexibility index (Phi) is 4.54. The Hall–Kier alpha value is -1.30. The third kappa shape index (κ3) is 2.93. The lowest BCUT2D eigenvalue weighted by molar-refractivity contribution is -0.149. The molecule has 1 heterocycles. The summed E-state index contributed by atoms with van der Waals surface area (Å²) >= 11 is 0. The van der Waals surface area contributed by atoms with Crippen molar-refractivity contribution in [1.82, 2.24) is 10.2 Å². The van der Waals surface area contributed by atoms with Gasteiger partial charge in [-0.3, -0.25) is 4.79 Å². The second-order valence-electron chi connectivity index (χ2n) is 7.70. The third-order valence-electron chi connectivity index (χ3n) is 6.38. The predicted molar refractivity (Wildman–Crippen MR) is 85.2 cm³/mol. The Labute approximate surface area is 137 Å². The molecule has 2 N–H and O–H groups in total. The molecule has 3 rings (SSSR count). The number of urea groups is 1. The fraction of sp³-hybridized carbons (Fsp3) is 0.882. The van der Waals surface area contributed by atoms with Crippen LogP contribution in [0.15, 0.2) is 0 Å². The first-order valence-corrected chi connectivity index (χ1v) is 8.76. The van der Waals surface area contributed by atoms with Gasteiger partial charge in [0.1, 0.15) is 0 Å². The SMILES string of the molecule is COCC1(CCNC(=O)N2C[C@@H]3CCC[C@@]3(C(=O)O)C2)CCC1. The fourth-order valence-corrected chi connectivity index (χ4v) is 4.79. The van der Waals surface area contributed by atoms with Crippen LogP contribution in [0, 0.1) is 16.7 Å². The van der Waals surface area contributed by atoms with E-state index in [0.717, 1.165) is 25.9 Å². The zero-order chi connectivity index (χ0) is 16.5. The number of hydrogen-bond acceptors (Lipinski definition) is 3. The summed E-state index contributed by atoms with van der Waals surface area (Å²) in [7, 11) is 1.73. The number of nitrogens with zero attached hydrogens (tertiary/aromatic N) is 1. The molecule has 2 saturated carbocycles. The number of likely N-dealkylation sites (tertiary alicyclic amines) is 1. The number of rotatable bonds is 6. The number of carboxylic acid groups (broad SMARTS) is 1. The molecule has 0 radical (unpaired) electrons. The van der Waals surface area contributed by atoms with Gasteiger partial charge in [0, 0.05) is 26.7 Å². The van der Waals surface area contributed by atoms with Gasteiger partial charge in [-0.25, -0.2) is 4.79 Å². The van der Waals surface area contributed by atoms with Crippen LogP contribution >= 0.6 is 0 Å². The highest BCUT2D eigenvalue weighted by molar-refractivity contribution is 5.80. The quantitative estimate of drug-likeness (QED) is 0.784. The van der Waals surface area contributed by atoms with Crippen LogP contribution in [0.4, 0.5) is 4.79 Å². The maximum Gasteiger partial charge on any atom is 0.317 e. The summed E-state index contributed by atoms with van der Waals surface area (Å²) in [6.45, 7) is 2.35. The molecule has 0 aromatic rings. The molecule has 2 amide bonds. The molecule has 3 fully saturated rings. The lowest BCUT2D eigenvalue weighted by Gasteiger charge is -2.41. The van der Waals surface area contributed by atoms with E-state index in [0.29, 0.717) is 26.1 Å². The van der Waals surface area contributed by atoms with E-state index in [2.05, 4.69) is 5.32 Å². The van der Waals surface area contributed by atoms with Gasteiger partial charge in [0.05, 0.1) is 12.0 Å². The Morgan fingerprint density at radius 2 is 2.09 bits per heavy atom. The highest BCUT2D eigenvalue weighted by Gasteiger charge is 2.55. The monoisotopic (exact) mass is 324 g/mol. The number of aliphatic carboxylic acids is 1. The van der Waals surface area contributed by atoms with Gasteiger partial charge < -0.3 is 20.1 Å². The summed E-state index contributed by atoms with van der Waals surface area (Å²) in [5, 5.41) is 12.6. The van der Waals surface area contributed by atoms with E-state index in [1.165, 1.54) is 19.3 Å². The number of amides is 2. The van der Waals surface area contributed by atoms with E-state index >= 15 is 0 Å². The first kappa shape index (κ1) is 16.6. The van der Waals surface area contributed by atoms with Crippen LogP contribution in [-0.4, -0.2) is 55.4 Å². The molecule has 1 saturated heterocycles. The largest absolute Gasteiger partial charge is 0.481 e. The molecule has 130 valence electrons. The number of methoxy groups -OCH3 is 1. The Morgan fingerprint density at radius 1 is 1.30 bits per heavy atom. The molecule has 0 bridgehead atoms. The zero-order valence-corrected chi connectivity index (χ0v) is 14.0. The van der Waals surface area contributed by atoms with E-state index in [1.54, 1.807) is 12.0 Å². The molecule has 6 heteroatoms. The van der Waals surface area contributed by atoms with Crippen LogP contribution in [0.25, 0.3) is 0 Å². The summed E-state index contributed by atoms with van der Waals surface area (Å²) in [6.07, 6.45) is 7.11. The van der Waals surface area contributed by atoms with E-state index in [-0.39, 0.29) is 17.4 Å². The van der Waals surface area contributed by atoms with Gasteiger partial charge in [-0.05, 0) is 43.4 Å². The van der Waals surface area contributed by atoms with Crippen molar-refractivity contribution in [3.63, 3.8) is 0 Å². The van der Waals surface area contributed by atoms with E-state index in [4.69, 9.17) is 4.74 Å². The van der Waals surface area contributed by atoms with Gasteiger partial charge >= 0.3 is 12.0 Å². The summed E-state index contributed by atoms with van der Waals surface area (Å²) in [5.41, 5.74) is -0.450. The topological polar surface area (TPSA) is 78.9 Å². The molecule has 3 aliphatic rings. The van der Waals surface area contributed by atoms with Gasteiger partial charge in [-0.15, -0.1) is 0 Å². The Balaban J connectivity index is 1.49. The molecule has 0 unspecified atom stereocenters. The van der Waals surface area contributed by atoms with Crippen molar-refractivity contribution >= 4 is 12.0 Å². The normalized spacial score (nSPS) is 31.5. The van der Waals surface area contributed by atoms with Crippen molar-refractivity contribution in [2.45, 2.75) is 44.9 Å². The van der Waals surface area contributed by atoms with Crippen molar-refractivity contribution < 1.29 is 19.4 Å². The van der Waals surface area contributed by atoms with Crippen LogP contribution in [0.2, 0.25) is 0 Å². The second kappa shape index (κ2) is 6.30. The minimum Gasteiger partial charge on any atom is -0.481 e. The molecule has 0 aromatic heterocycles. The first-order valence-electron chi connectivity index (χ1n) is 8.76. The molecule has 6 nitrogen and oxygen atoms in total. The molecule has 23 heavy (non-hydrogen) atoms. The molecule has 2 aliphatic carbocycles. The van der Waals surface area contributed by atoms with Crippen molar-refractivity contribution in [3.8, 4) is 0 Å². The van der Waals surface area contributed by atoms with Gasteiger partial charge in [-0.2, -0.15) is 0 Å². The van der Waals surface area contributed by atoms with Gasteiger partial charge in [0.25, 0.3) is 0 Å². The molecular weight excluding hydrogens is 296 g/mol. The number of hydrogen-bond donors (Lipinski definition) is 2. The minimum atomic E-state index is -0.733. The number of ether oxygens (including phenoxy) is 1. The average Bonchev–Trinajstić information content (AvgIpc) is 3.02. The van der Waals surface area contributed by atoms with Crippen molar-refractivity contribution in [1.29, 1.82) is 0 Å². The number of fused-ring (bicyclic) bond motifs is 1. The van der Waals surface area contributed by atoms with Crippen molar-refractivity contribution in [2.24, 2.45) is 16.7 Å². The van der Waals surface area contributed by atoms with Gasteiger partial charge in [0.2, 0.25) is 0 Å². The van der Waals surface area contributed by atoms with Crippen LogP contribution in [0.3, 0.4) is 0 Å². The van der Waals surface area contributed by atoms with E-state index in [9.17, 15) is 14.7 Å². The summed E-state index contributed by atoms with van der Waals surface area (Å²) < 4.78 is 5.31. The van der Waals surface area contributed by atoms with Crippen molar-refractivity contribution in [3.05, 3.63) is 0 Å². The number of carbonyl (C=O) groups excluding carboxylic acids is 1. The standard InChI is InChI=1S/C17H28N2O4/c1-23-12-16(5-3-6-16)8-9-18-15(22)19-10-13-4-2-7-17(13,11-19)14(20)21/h13H,2-12H2,1H3,(H,18,22)(H,20,21)/t13-,17+/m0/s1.